The molecule has 0 aliphatic carbocycles. The zero-order valence-corrected chi connectivity index (χ0v) is 12.8. The summed E-state index contributed by atoms with van der Waals surface area (Å²) in [6, 6.07) is 10.2. The molecule has 0 saturated carbocycles. The van der Waals surface area contributed by atoms with Gasteiger partial charge in [0, 0.05) is 10.2 Å². The van der Waals surface area contributed by atoms with Gasteiger partial charge in [0.2, 0.25) is 0 Å². The van der Waals surface area contributed by atoms with Gasteiger partial charge in [-0.25, -0.2) is 0 Å². The van der Waals surface area contributed by atoms with Crippen LogP contribution in [0.3, 0.4) is 0 Å². The third-order valence-corrected chi connectivity index (χ3v) is 3.60. The number of benzene rings is 1. The van der Waals surface area contributed by atoms with Crippen molar-refractivity contribution in [3.63, 3.8) is 0 Å². The van der Waals surface area contributed by atoms with Gasteiger partial charge in [0.1, 0.15) is 5.76 Å². The number of anilines is 1. The largest absolute Gasteiger partial charge is 0.452 e. The van der Waals surface area contributed by atoms with Crippen LogP contribution in [0.4, 0.5) is 5.69 Å². The van der Waals surface area contributed by atoms with E-state index in [1.807, 2.05) is 12.1 Å². The number of halogens is 2. The van der Waals surface area contributed by atoms with E-state index in [1.165, 1.54) is 5.56 Å². The van der Waals surface area contributed by atoms with E-state index >= 15 is 0 Å². The highest BCUT2D eigenvalue weighted by molar-refractivity contribution is 9.10. The summed E-state index contributed by atoms with van der Waals surface area (Å²) < 4.78 is 7.34. The summed E-state index contributed by atoms with van der Waals surface area (Å²) in [7, 11) is 0. The molecule has 2 aromatic rings. The molecule has 2 rings (SSSR count). The van der Waals surface area contributed by atoms with Gasteiger partial charge < -0.3 is 9.73 Å². The van der Waals surface area contributed by atoms with Gasteiger partial charge in [-0.3, -0.25) is 0 Å². The number of nitrogens with one attached hydrogen (secondary N) is 1. The molecule has 1 aromatic carbocycles. The lowest BCUT2D eigenvalue weighted by molar-refractivity contribution is 0.471. The molecule has 0 radical (unpaired) electrons. The molecular weight excluding hydrogens is 346 g/mol. The second-order valence-corrected chi connectivity index (χ2v) is 5.63. The van der Waals surface area contributed by atoms with Crippen molar-refractivity contribution in [2.24, 2.45) is 0 Å². The molecule has 0 aliphatic heterocycles. The van der Waals surface area contributed by atoms with Gasteiger partial charge in [-0.2, -0.15) is 0 Å². The highest BCUT2D eigenvalue weighted by Gasteiger charge is 2.11. The van der Waals surface area contributed by atoms with E-state index in [0.29, 0.717) is 0 Å². The maximum absolute atomic E-state index is 5.52. The molecule has 0 saturated heterocycles. The molecule has 4 heteroatoms. The minimum Gasteiger partial charge on any atom is -0.452 e. The maximum atomic E-state index is 5.52. The number of rotatable bonds is 3. The second kappa shape index (κ2) is 5.27. The van der Waals surface area contributed by atoms with E-state index in [0.717, 1.165) is 20.6 Å². The van der Waals surface area contributed by atoms with Gasteiger partial charge in [0.05, 0.1) is 6.04 Å². The molecule has 0 fully saturated rings. The molecule has 0 bridgehead atoms. The average Bonchev–Trinajstić information content (AvgIpc) is 2.69. The Kier molecular flexibility index (Phi) is 3.94. The summed E-state index contributed by atoms with van der Waals surface area (Å²) in [5.41, 5.74) is 2.30. The summed E-state index contributed by atoms with van der Waals surface area (Å²) in [5.74, 6) is 0.907. The zero-order chi connectivity index (χ0) is 12.4. The van der Waals surface area contributed by atoms with Crippen LogP contribution in [-0.2, 0) is 0 Å². The molecule has 1 atom stereocenters. The van der Waals surface area contributed by atoms with E-state index in [4.69, 9.17) is 4.42 Å². The quantitative estimate of drug-likeness (QED) is 0.806. The Labute approximate surface area is 118 Å². The number of hydrogen-bond acceptors (Lipinski definition) is 2. The van der Waals surface area contributed by atoms with Crippen LogP contribution in [0.2, 0.25) is 0 Å². The van der Waals surface area contributed by atoms with E-state index < -0.39 is 0 Å². The maximum Gasteiger partial charge on any atom is 0.169 e. The van der Waals surface area contributed by atoms with E-state index in [9.17, 15) is 0 Å². The van der Waals surface area contributed by atoms with Gasteiger partial charge in [0.15, 0.2) is 4.67 Å². The Morgan fingerprint density at radius 2 is 1.94 bits per heavy atom. The number of aryl methyl sites for hydroxylation is 1. The first-order chi connectivity index (χ1) is 8.06. The summed E-state index contributed by atoms with van der Waals surface area (Å²) in [4.78, 5) is 0. The average molecular weight is 359 g/mol. The van der Waals surface area contributed by atoms with E-state index in [2.05, 4.69) is 69.2 Å². The van der Waals surface area contributed by atoms with Gasteiger partial charge in [0.25, 0.3) is 0 Å². The van der Waals surface area contributed by atoms with E-state index in [-0.39, 0.29) is 6.04 Å². The van der Waals surface area contributed by atoms with Gasteiger partial charge in [-0.05, 0) is 75.5 Å². The van der Waals surface area contributed by atoms with Gasteiger partial charge >= 0.3 is 0 Å². The predicted octanol–water partition coefficient (Wildman–Crippen LogP) is 5.29. The number of furan rings is 1. The molecule has 1 heterocycles. The first kappa shape index (κ1) is 12.7. The van der Waals surface area contributed by atoms with Crippen molar-refractivity contribution < 1.29 is 4.42 Å². The molecule has 17 heavy (non-hydrogen) atoms. The van der Waals surface area contributed by atoms with Crippen molar-refractivity contribution in [2.45, 2.75) is 19.9 Å². The molecule has 90 valence electrons. The van der Waals surface area contributed by atoms with E-state index in [1.54, 1.807) is 0 Å². The Morgan fingerprint density at radius 3 is 2.53 bits per heavy atom. The molecule has 0 aliphatic rings. The molecule has 1 aromatic heterocycles. The van der Waals surface area contributed by atoms with Crippen LogP contribution >= 0.6 is 31.9 Å². The summed E-state index contributed by atoms with van der Waals surface area (Å²) >= 11 is 6.86. The second-order valence-electron chi connectivity index (χ2n) is 3.99. The van der Waals surface area contributed by atoms with Crippen molar-refractivity contribution in [2.75, 3.05) is 5.32 Å². The standard InChI is InChI=1S/C13H13Br2NO/c1-8-3-4-11(10(14)7-8)16-9(2)12-5-6-13(15)17-12/h3-7,9,16H,1-2H3. The topological polar surface area (TPSA) is 25.2 Å². The SMILES string of the molecule is Cc1ccc(NC(C)c2ccc(Br)o2)c(Br)c1. The lowest BCUT2D eigenvalue weighted by Crippen LogP contribution is -2.06. The van der Waals surface area contributed by atoms with Crippen LogP contribution in [0.25, 0.3) is 0 Å². The van der Waals surface area contributed by atoms with Crippen LogP contribution in [0.1, 0.15) is 24.3 Å². The van der Waals surface area contributed by atoms with Crippen molar-refractivity contribution >= 4 is 37.5 Å². The number of hydrogen-bond donors (Lipinski definition) is 1. The lowest BCUT2D eigenvalue weighted by Gasteiger charge is -2.14. The Balaban J connectivity index is 2.15. The molecule has 2 nitrogen and oxygen atoms in total. The predicted molar refractivity (Wildman–Crippen MR) is 77.3 cm³/mol. The third-order valence-electron chi connectivity index (χ3n) is 2.52. The fraction of sp³-hybridized carbons (Fsp3) is 0.231. The zero-order valence-electron chi connectivity index (χ0n) is 9.63. The molecular formula is C13H13Br2NO. The normalized spacial score (nSPS) is 12.5. The van der Waals surface area contributed by atoms with Crippen LogP contribution in [0.5, 0.6) is 0 Å². The van der Waals surface area contributed by atoms with Gasteiger partial charge in [-0.15, -0.1) is 0 Å². The fourth-order valence-corrected chi connectivity index (χ4v) is 2.53. The fourth-order valence-electron chi connectivity index (χ4n) is 1.60. The van der Waals surface area contributed by atoms with Crippen molar-refractivity contribution in [1.82, 2.24) is 0 Å². The monoisotopic (exact) mass is 357 g/mol. The minimum atomic E-state index is 0.125. The van der Waals surface area contributed by atoms with Crippen LogP contribution < -0.4 is 5.32 Å². The van der Waals surface area contributed by atoms with Crippen molar-refractivity contribution in [3.8, 4) is 0 Å². The molecule has 1 unspecified atom stereocenters. The summed E-state index contributed by atoms with van der Waals surface area (Å²) in [5, 5.41) is 3.41. The first-order valence-electron chi connectivity index (χ1n) is 5.34. The highest BCUT2D eigenvalue weighted by atomic mass is 79.9. The Morgan fingerprint density at radius 1 is 1.18 bits per heavy atom. The van der Waals surface area contributed by atoms with Crippen LogP contribution in [0, 0.1) is 6.92 Å². The Bertz CT molecular complexity index is 522. The Hall–Kier alpha value is -0.740. The summed E-state index contributed by atoms with van der Waals surface area (Å²) in [6.07, 6.45) is 0. The minimum absolute atomic E-state index is 0.125. The first-order valence-corrected chi connectivity index (χ1v) is 6.93. The lowest BCUT2D eigenvalue weighted by atomic mass is 10.2. The smallest absolute Gasteiger partial charge is 0.169 e. The molecule has 0 spiro atoms. The van der Waals surface area contributed by atoms with Crippen molar-refractivity contribution in [1.29, 1.82) is 0 Å². The van der Waals surface area contributed by atoms with Crippen LogP contribution in [0.15, 0.2) is 43.9 Å². The van der Waals surface area contributed by atoms with Crippen molar-refractivity contribution in [3.05, 3.63) is 50.8 Å². The molecule has 1 N–H and O–H groups in total. The summed E-state index contributed by atoms with van der Waals surface area (Å²) in [6.45, 7) is 4.14. The third kappa shape index (κ3) is 3.13. The highest BCUT2D eigenvalue weighted by Crippen LogP contribution is 2.28. The molecule has 0 amide bonds. The van der Waals surface area contributed by atoms with Gasteiger partial charge in [-0.1, -0.05) is 6.07 Å². The van der Waals surface area contributed by atoms with Crippen LogP contribution in [-0.4, -0.2) is 0 Å².